The van der Waals surface area contributed by atoms with E-state index in [0.29, 0.717) is 17.3 Å². The van der Waals surface area contributed by atoms with E-state index in [9.17, 15) is 14.9 Å². The average molecular weight is 443 g/mol. The SMILES string of the molecule is C/C=C(/C(=O)c1nccc2ccccc12)C(C)CC(=O)N1C=Cc2ccccc2[C-]1C#N.[Na+]. The Bertz CT molecular complexity index is 1300. The van der Waals surface area contributed by atoms with Gasteiger partial charge in [0.2, 0.25) is 11.7 Å². The topological polar surface area (TPSA) is 74.1 Å². The number of rotatable bonds is 5. The minimum Gasteiger partial charge on any atom is -0.333 e. The standard InChI is InChI=1S/C27H22N3O2.Na/c1-3-21(27(32)26-23-11-7-5-8-19(23)12-14-29-26)18(2)16-25(31)30-15-13-20-9-4-6-10-22(20)24(30)17-28;/h3-15,18H,16H2,1-2H3;/q-1;+1/b21-3+;. The van der Waals surface area contributed by atoms with Gasteiger partial charge in [0.05, 0.1) is 0 Å². The molecular formula is C27H22N3NaO2. The summed E-state index contributed by atoms with van der Waals surface area (Å²) in [6.45, 7) is 3.65. The summed E-state index contributed by atoms with van der Waals surface area (Å²) in [6, 6.07) is 19.4. The maximum Gasteiger partial charge on any atom is 1.00 e. The van der Waals surface area contributed by atoms with Crippen molar-refractivity contribution in [3.05, 3.63) is 102 Å². The maximum atomic E-state index is 13.3. The number of hydrogen-bond donors (Lipinski definition) is 0. The number of ketones is 1. The van der Waals surface area contributed by atoms with Crippen molar-refractivity contribution in [2.24, 2.45) is 5.92 Å². The van der Waals surface area contributed by atoms with Crippen molar-refractivity contribution in [2.45, 2.75) is 20.3 Å². The van der Waals surface area contributed by atoms with Crippen LogP contribution in [0, 0.1) is 23.3 Å². The Labute approximate surface area is 215 Å². The summed E-state index contributed by atoms with van der Waals surface area (Å²) < 4.78 is 0. The van der Waals surface area contributed by atoms with Gasteiger partial charge in [-0.2, -0.15) is 6.07 Å². The van der Waals surface area contributed by atoms with Crippen LogP contribution < -0.4 is 29.6 Å². The van der Waals surface area contributed by atoms with Crippen molar-refractivity contribution in [3.8, 4) is 6.07 Å². The van der Waals surface area contributed by atoms with Gasteiger partial charge in [0.1, 0.15) is 5.69 Å². The summed E-state index contributed by atoms with van der Waals surface area (Å²) in [5.41, 5.74) is 2.53. The van der Waals surface area contributed by atoms with Crippen molar-refractivity contribution in [1.82, 2.24) is 9.88 Å². The summed E-state index contributed by atoms with van der Waals surface area (Å²) >= 11 is 0. The fraction of sp³-hybridized carbons (Fsp3) is 0.148. The number of amides is 1. The van der Waals surface area contributed by atoms with E-state index in [1.807, 2.05) is 67.6 Å². The molecule has 0 saturated carbocycles. The number of pyridine rings is 1. The summed E-state index contributed by atoms with van der Waals surface area (Å²) in [5.74, 6) is -0.766. The first kappa shape index (κ1) is 24.5. The van der Waals surface area contributed by atoms with Gasteiger partial charge in [0.25, 0.3) is 0 Å². The van der Waals surface area contributed by atoms with Gasteiger partial charge >= 0.3 is 29.6 Å². The molecule has 0 spiro atoms. The largest absolute Gasteiger partial charge is 1.00 e. The van der Waals surface area contributed by atoms with Crippen LogP contribution in [0.4, 0.5) is 0 Å². The Hall–Kier alpha value is -3.17. The molecule has 6 heteroatoms. The first-order valence-electron chi connectivity index (χ1n) is 10.5. The number of benzene rings is 2. The van der Waals surface area contributed by atoms with Gasteiger partial charge in [-0.3, -0.25) is 14.6 Å². The molecule has 4 rings (SSSR count). The van der Waals surface area contributed by atoms with E-state index in [0.717, 1.165) is 21.9 Å². The van der Waals surface area contributed by atoms with Gasteiger partial charge in [0, 0.05) is 35.7 Å². The fourth-order valence-corrected chi connectivity index (χ4v) is 4.09. The number of fused-ring (bicyclic) bond motifs is 2. The van der Waals surface area contributed by atoms with Crippen molar-refractivity contribution in [1.29, 1.82) is 5.26 Å². The summed E-state index contributed by atoms with van der Waals surface area (Å²) in [7, 11) is 0. The Kier molecular flexibility index (Phi) is 7.88. The van der Waals surface area contributed by atoms with Crippen molar-refractivity contribution >= 4 is 28.5 Å². The molecule has 0 N–H and O–H groups in total. The van der Waals surface area contributed by atoms with Crippen LogP contribution in [0.3, 0.4) is 0 Å². The van der Waals surface area contributed by atoms with Crippen molar-refractivity contribution in [3.63, 3.8) is 0 Å². The second kappa shape index (κ2) is 10.6. The molecule has 3 aromatic rings. The third-order valence-electron chi connectivity index (χ3n) is 5.71. The zero-order valence-corrected chi connectivity index (χ0v) is 20.9. The Morgan fingerprint density at radius 3 is 2.64 bits per heavy atom. The van der Waals surface area contributed by atoms with Gasteiger partial charge < -0.3 is 4.90 Å². The zero-order valence-electron chi connectivity index (χ0n) is 18.9. The maximum absolute atomic E-state index is 13.3. The number of nitrogens with zero attached hydrogens (tertiary/aromatic N) is 3. The fourth-order valence-electron chi connectivity index (χ4n) is 4.09. The Morgan fingerprint density at radius 1 is 1.15 bits per heavy atom. The quantitative estimate of drug-likeness (QED) is 0.263. The van der Waals surface area contributed by atoms with Gasteiger partial charge in [-0.15, -0.1) is 23.3 Å². The Morgan fingerprint density at radius 2 is 1.88 bits per heavy atom. The van der Waals surface area contributed by atoms with Crippen LogP contribution in [0.1, 0.15) is 41.9 Å². The number of hydrogen-bond acceptors (Lipinski definition) is 4. The molecule has 1 unspecified atom stereocenters. The molecule has 158 valence electrons. The minimum atomic E-state index is -0.341. The van der Waals surface area contributed by atoms with Gasteiger partial charge in [-0.05, 0) is 30.5 Å². The first-order valence-corrected chi connectivity index (χ1v) is 10.5. The van der Waals surface area contributed by atoms with Crippen LogP contribution in [0.2, 0.25) is 0 Å². The van der Waals surface area contributed by atoms with Crippen LogP contribution in [-0.4, -0.2) is 21.6 Å². The van der Waals surface area contributed by atoms with Crippen LogP contribution in [0.25, 0.3) is 16.8 Å². The third kappa shape index (κ3) is 4.79. The van der Waals surface area contributed by atoms with E-state index in [1.54, 1.807) is 25.4 Å². The van der Waals surface area contributed by atoms with E-state index in [-0.39, 0.29) is 53.6 Å². The predicted molar refractivity (Wildman–Crippen MR) is 124 cm³/mol. The van der Waals surface area contributed by atoms with Crippen LogP contribution in [0.5, 0.6) is 0 Å². The molecule has 2 heterocycles. The zero-order chi connectivity index (χ0) is 22.7. The normalized spacial score (nSPS) is 13.7. The van der Waals surface area contributed by atoms with Gasteiger partial charge in [-0.25, -0.2) is 5.26 Å². The van der Waals surface area contributed by atoms with E-state index < -0.39 is 0 Å². The molecule has 1 aliphatic heterocycles. The number of allylic oxidation sites excluding steroid dienone is 2. The molecule has 1 amide bonds. The molecule has 1 atom stereocenters. The summed E-state index contributed by atoms with van der Waals surface area (Å²) in [4.78, 5) is 32.2. The molecular weight excluding hydrogens is 421 g/mol. The van der Waals surface area contributed by atoms with E-state index in [2.05, 4.69) is 11.1 Å². The molecule has 0 fully saturated rings. The first-order chi connectivity index (χ1) is 15.5. The van der Waals surface area contributed by atoms with Crippen LogP contribution in [-0.2, 0) is 4.79 Å². The minimum absolute atomic E-state index is 0. The van der Waals surface area contributed by atoms with Crippen molar-refractivity contribution < 1.29 is 39.1 Å². The van der Waals surface area contributed by atoms with Gasteiger partial charge in [-0.1, -0.05) is 49.4 Å². The molecule has 0 radical (unpaired) electrons. The number of carbonyl (C=O) groups is 2. The molecule has 2 aromatic carbocycles. The molecule has 0 bridgehead atoms. The molecule has 1 aliphatic rings. The molecule has 0 aliphatic carbocycles. The molecule has 0 saturated heterocycles. The third-order valence-corrected chi connectivity index (χ3v) is 5.71. The van der Waals surface area contributed by atoms with Crippen LogP contribution >= 0.6 is 0 Å². The monoisotopic (exact) mass is 443 g/mol. The number of aromatic nitrogens is 1. The van der Waals surface area contributed by atoms with Crippen molar-refractivity contribution in [2.75, 3.05) is 0 Å². The van der Waals surface area contributed by atoms with E-state index in [1.165, 1.54) is 4.90 Å². The Balaban J connectivity index is 0.00000306. The smallest absolute Gasteiger partial charge is 0.333 e. The number of nitriles is 1. The van der Waals surface area contributed by atoms with E-state index in [4.69, 9.17) is 0 Å². The van der Waals surface area contributed by atoms with Gasteiger partial charge in [0.15, 0.2) is 0 Å². The second-order valence-corrected chi connectivity index (χ2v) is 7.69. The number of Topliss-reactive ketones (excluding diaryl/α,β-unsaturated/α-hetero) is 1. The second-order valence-electron chi connectivity index (χ2n) is 7.69. The summed E-state index contributed by atoms with van der Waals surface area (Å²) in [6.07, 6.45) is 6.91. The van der Waals surface area contributed by atoms with E-state index >= 15 is 0 Å². The molecule has 5 nitrogen and oxygen atoms in total. The molecule has 1 aromatic heterocycles. The summed E-state index contributed by atoms with van der Waals surface area (Å²) in [5, 5.41) is 11.4. The predicted octanol–water partition coefficient (Wildman–Crippen LogP) is 2.31. The van der Waals surface area contributed by atoms with Crippen LogP contribution in [0.15, 0.2) is 78.6 Å². The molecule has 33 heavy (non-hydrogen) atoms. The number of carbonyl (C=O) groups excluding carboxylic acids is 2. The average Bonchev–Trinajstić information content (AvgIpc) is 2.83.